The summed E-state index contributed by atoms with van der Waals surface area (Å²) in [4.78, 5) is 27.5. The van der Waals surface area contributed by atoms with E-state index >= 15 is 0 Å². The summed E-state index contributed by atoms with van der Waals surface area (Å²) in [5.74, 6) is -0.693. The molecular weight excluding hydrogens is 501 g/mol. The predicted octanol–water partition coefficient (Wildman–Crippen LogP) is 3.63. The average Bonchev–Trinajstić information content (AvgIpc) is 2.77. The molecule has 1 unspecified atom stereocenters. The summed E-state index contributed by atoms with van der Waals surface area (Å²) < 4.78 is 31.8. The fourth-order valence-electron chi connectivity index (χ4n) is 3.53. The summed E-state index contributed by atoms with van der Waals surface area (Å²) in [7, 11) is -1.00. The lowest BCUT2D eigenvalue weighted by atomic mass is 10.1. The van der Waals surface area contributed by atoms with Crippen molar-refractivity contribution < 1.29 is 22.7 Å². The van der Waals surface area contributed by atoms with Crippen molar-refractivity contribution in [2.75, 3.05) is 31.3 Å². The molecule has 0 radical (unpaired) electrons. The molecule has 0 bridgehead atoms. The molecule has 2 aromatic rings. The first-order valence-electron chi connectivity index (χ1n) is 10.5. The van der Waals surface area contributed by atoms with Gasteiger partial charge in [0.2, 0.25) is 21.8 Å². The summed E-state index contributed by atoms with van der Waals surface area (Å²) in [6, 6.07) is 9.10. The van der Waals surface area contributed by atoms with E-state index in [0.29, 0.717) is 27.8 Å². The van der Waals surface area contributed by atoms with Gasteiger partial charge in [0.25, 0.3) is 0 Å². The zero-order valence-corrected chi connectivity index (χ0v) is 22.1. The lowest BCUT2D eigenvalue weighted by molar-refractivity contribution is -0.140. The van der Waals surface area contributed by atoms with Crippen LogP contribution in [0.1, 0.15) is 24.5 Å². The Bertz CT molecular complexity index is 1140. The number of halogens is 2. The number of ether oxygens (including phenoxy) is 1. The topological polar surface area (TPSA) is 96.0 Å². The lowest BCUT2D eigenvalue weighted by Gasteiger charge is -2.33. The number of amides is 2. The molecule has 186 valence electrons. The molecule has 0 aromatic heterocycles. The Labute approximate surface area is 210 Å². The second kappa shape index (κ2) is 11.8. The second-order valence-electron chi connectivity index (χ2n) is 7.71. The van der Waals surface area contributed by atoms with E-state index in [0.717, 1.165) is 16.1 Å². The Hall–Kier alpha value is -2.49. The molecule has 0 aliphatic carbocycles. The highest BCUT2D eigenvalue weighted by molar-refractivity contribution is 7.92. The Balaban J connectivity index is 2.56. The van der Waals surface area contributed by atoms with Crippen LogP contribution in [0.2, 0.25) is 10.0 Å². The number of anilines is 1. The SMILES string of the molecule is CCC(C(=O)NC)N(Cc1c(Cl)cccc1Cl)C(=O)CN(c1cc(C)ccc1OC)S(C)(=O)=O. The van der Waals surface area contributed by atoms with Crippen molar-refractivity contribution in [3.05, 3.63) is 57.6 Å². The molecule has 34 heavy (non-hydrogen) atoms. The number of methoxy groups -OCH3 is 1. The van der Waals surface area contributed by atoms with Crippen LogP contribution in [-0.4, -0.2) is 58.1 Å². The number of nitrogens with zero attached hydrogens (tertiary/aromatic N) is 2. The average molecular weight is 530 g/mol. The van der Waals surface area contributed by atoms with Crippen molar-refractivity contribution in [3.8, 4) is 5.75 Å². The van der Waals surface area contributed by atoms with Crippen molar-refractivity contribution in [1.82, 2.24) is 10.2 Å². The first-order valence-corrected chi connectivity index (χ1v) is 13.1. The van der Waals surface area contributed by atoms with E-state index in [2.05, 4.69) is 5.32 Å². The number of hydrogen-bond donors (Lipinski definition) is 1. The maximum atomic E-state index is 13.6. The van der Waals surface area contributed by atoms with Crippen LogP contribution in [0.25, 0.3) is 0 Å². The van der Waals surface area contributed by atoms with E-state index in [1.165, 1.54) is 19.1 Å². The number of rotatable bonds is 10. The summed E-state index contributed by atoms with van der Waals surface area (Å²) in [5.41, 5.74) is 1.47. The van der Waals surface area contributed by atoms with Crippen molar-refractivity contribution in [3.63, 3.8) is 0 Å². The van der Waals surface area contributed by atoms with E-state index in [1.807, 2.05) is 0 Å². The molecule has 1 atom stereocenters. The third kappa shape index (κ3) is 6.55. The van der Waals surface area contributed by atoms with Crippen molar-refractivity contribution in [2.45, 2.75) is 32.9 Å². The number of hydrogen-bond acceptors (Lipinski definition) is 5. The number of nitrogens with one attached hydrogen (secondary N) is 1. The molecule has 2 amide bonds. The maximum Gasteiger partial charge on any atom is 0.244 e. The summed E-state index contributed by atoms with van der Waals surface area (Å²) in [5, 5.41) is 3.22. The number of likely N-dealkylation sites (N-methyl/N-ethyl adjacent to an activating group) is 1. The van der Waals surface area contributed by atoms with Crippen LogP contribution in [0.3, 0.4) is 0 Å². The van der Waals surface area contributed by atoms with E-state index in [1.54, 1.807) is 50.2 Å². The molecule has 0 heterocycles. The highest BCUT2D eigenvalue weighted by atomic mass is 35.5. The van der Waals surface area contributed by atoms with Gasteiger partial charge in [-0.2, -0.15) is 0 Å². The van der Waals surface area contributed by atoms with Crippen molar-refractivity contribution in [2.24, 2.45) is 0 Å². The van der Waals surface area contributed by atoms with Crippen LogP contribution in [0.15, 0.2) is 36.4 Å². The minimum atomic E-state index is -3.89. The van der Waals surface area contributed by atoms with Gasteiger partial charge < -0.3 is 15.0 Å². The standard InChI is InChI=1S/C23H29Cl2N3O5S/c1-6-19(23(30)26-3)27(13-16-17(24)8-7-9-18(16)25)22(29)14-28(34(5,31)32)20-12-15(2)10-11-21(20)33-4/h7-12,19H,6,13-14H2,1-5H3,(H,26,30). The Morgan fingerprint density at radius 1 is 1.15 bits per heavy atom. The third-order valence-corrected chi connectivity index (χ3v) is 7.14. The zero-order chi connectivity index (χ0) is 25.6. The molecule has 0 aliphatic heterocycles. The van der Waals surface area contributed by atoms with Gasteiger partial charge in [0, 0.05) is 29.2 Å². The molecule has 0 saturated heterocycles. The van der Waals surface area contributed by atoms with E-state index < -0.39 is 34.4 Å². The molecule has 0 saturated carbocycles. The third-order valence-electron chi connectivity index (χ3n) is 5.30. The number of benzene rings is 2. The molecule has 2 rings (SSSR count). The fourth-order valence-corrected chi connectivity index (χ4v) is 4.89. The first-order chi connectivity index (χ1) is 15.9. The van der Waals surface area contributed by atoms with Gasteiger partial charge in [-0.1, -0.05) is 42.3 Å². The van der Waals surface area contributed by atoms with Crippen LogP contribution >= 0.6 is 23.2 Å². The maximum absolute atomic E-state index is 13.6. The molecular formula is C23H29Cl2N3O5S. The normalized spacial score (nSPS) is 12.1. The molecule has 8 nitrogen and oxygen atoms in total. The molecule has 1 N–H and O–H groups in total. The smallest absolute Gasteiger partial charge is 0.244 e. The lowest BCUT2D eigenvalue weighted by Crippen LogP contribution is -2.51. The number of carbonyl (C=O) groups is 2. The van der Waals surface area contributed by atoms with Gasteiger partial charge in [0.05, 0.1) is 19.1 Å². The van der Waals surface area contributed by atoms with Gasteiger partial charge in [0.15, 0.2) is 0 Å². The Morgan fingerprint density at radius 2 is 1.76 bits per heavy atom. The van der Waals surface area contributed by atoms with E-state index in [4.69, 9.17) is 27.9 Å². The van der Waals surface area contributed by atoms with Crippen LogP contribution in [0.5, 0.6) is 5.75 Å². The van der Waals surface area contributed by atoms with Gasteiger partial charge in [0.1, 0.15) is 18.3 Å². The number of aryl methyl sites for hydroxylation is 1. The summed E-state index contributed by atoms with van der Waals surface area (Å²) >= 11 is 12.7. The van der Waals surface area contributed by atoms with Crippen LogP contribution in [0.4, 0.5) is 5.69 Å². The summed E-state index contributed by atoms with van der Waals surface area (Å²) in [6.45, 7) is 2.93. The van der Waals surface area contributed by atoms with E-state index in [-0.39, 0.29) is 12.2 Å². The molecule has 0 fully saturated rings. The zero-order valence-electron chi connectivity index (χ0n) is 19.8. The molecule has 0 aliphatic rings. The minimum absolute atomic E-state index is 0.0776. The van der Waals surface area contributed by atoms with Crippen molar-refractivity contribution >= 4 is 50.7 Å². The predicted molar refractivity (Wildman–Crippen MR) is 135 cm³/mol. The fraction of sp³-hybridized carbons (Fsp3) is 0.391. The van der Waals surface area contributed by atoms with E-state index in [9.17, 15) is 18.0 Å². The monoisotopic (exact) mass is 529 g/mol. The van der Waals surface area contributed by atoms with Crippen LogP contribution in [0, 0.1) is 6.92 Å². The Morgan fingerprint density at radius 3 is 2.26 bits per heavy atom. The van der Waals surface area contributed by atoms with Crippen LogP contribution in [-0.2, 0) is 26.2 Å². The molecule has 2 aromatic carbocycles. The van der Waals surface area contributed by atoms with Gasteiger partial charge in [-0.15, -0.1) is 0 Å². The van der Waals surface area contributed by atoms with Crippen molar-refractivity contribution in [1.29, 1.82) is 0 Å². The highest BCUT2D eigenvalue weighted by Crippen LogP contribution is 2.32. The minimum Gasteiger partial charge on any atom is -0.495 e. The second-order valence-corrected chi connectivity index (χ2v) is 10.4. The highest BCUT2D eigenvalue weighted by Gasteiger charge is 2.33. The van der Waals surface area contributed by atoms with Crippen LogP contribution < -0.4 is 14.4 Å². The molecule has 11 heteroatoms. The van der Waals surface area contributed by atoms with Gasteiger partial charge in [-0.25, -0.2) is 8.42 Å². The van der Waals surface area contributed by atoms with Gasteiger partial charge >= 0.3 is 0 Å². The number of sulfonamides is 1. The Kier molecular flexibility index (Phi) is 9.61. The first kappa shape index (κ1) is 27.8. The summed E-state index contributed by atoms with van der Waals surface area (Å²) in [6.07, 6.45) is 1.30. The van der Waals surface area contributed by atoms with Gasteiger partial charge in [-0.05, 0) is 43.2 Å². The molecule has 0 spiro atoms. The number of carbonyl (C=O) groups excluding carboxylic acids is 2. The van der Waals surface area contributed by atoms with Gasteiger partial charge in [-0.3, -0.25) is 13.9 Å². The largest absolute Gasteiger partial charge is 0.495 e. The quantitative estimate of drug-likeness (QED) is 0.506.